The van der Waals surface area contributed by atoms with Crippen molar-refractivity contribution in [3.8, 4) is 11.5 Å². The number of benzene rings is 1. The summed E-state index contributed by atoms with van der Waals surface area (Å²) in [5.74, 6) is 0.840. The summed E-state index contributed by atoms with van der Waals surface area (Å²) in [6.07, 6.45) is 1.90. The monoisotopic (exact) mass is 333 g/mol. The molecule has 23 heavy (non-hydrogen) atoms. The fourth-order valence-electron chi connectivity index (χ4n) is 2.63. The number of esters is 1. The number of nitrogens with two attached hydrogens (primary N) is 1. The second kappa shape index (κ2) is 5.58. The molecule has 2 heterocycles. The fourth-order valence-corrected chi connectivity index (χ4v) is 3.77. The molecule has 0 aliphatic rings. The van der Waals surface area contributed by atoms with Crippen LogP contribution < -0.4 is 19.8 Å². The van der Waals surface area contributed by atoms with Crippen molar-refractivity contribution < 1.29 is 23.6 Å². The van der Waals surface area contributed by atoms with Crippen LogP contribution in [0.25, 0.3) is 21.0 Å². The highest BCUT2D eigenvalue weighted by molar-refractivity contribution is 7.22. The number of ether oxygens (including phenoxy) is 3. The van der Waals surface area contributed by atoms with Crippen molar-refractivity contribution in [2.45, 2.75) is 0 Å². The molecule has 0 atom stereocenters. The summed E-state index contributed by atoms with van der Waals surface area (Å²) in [5, 5.41) is 1.76. The van der Waals surface area contributed by atoms with E-state index >= 15 is 0 Å². The number of nitrogen functional groups attached to an aromatic ring is 1. The summed E-state index contributed by atoms with van der Waals surface area (Å²) in [6.45, 7) is 0. The van der Waals surface area contributed by atoms with Crippen molar-refractivity contribution in [3.05, 3.63) is 23.2 Å². The Morgan fingerprint density at radius 1 is 1.13 bits per heavy atom. The molecule has 0 saturated heterocycles. The summed E-state index contributed by atoms with van der Waals surface area (Å²) >= 11 is 1.32. The number of anilines is 1. The maximum absolute atomic E-state index is 11.9. The smallest absolute Gasteiger partial charge is 0.350 e. The van der Waals surface area contributed by atoms with Crippen LogP contribution in [-0.2, 0) is 11.8 Å². The predicted octanol–water partition coefficient (Wildman–Crippen LogP) is 2.26. The van der Waals surface area contributed by atoms with E-state index in [1.165, 1.54) is 18.4 Å². The van der Waals surface area contributed by atoms with Gasteiger partial charge in [0.2, 0.25) is 5.52 Å². The molecule has 3 aromatic rings. The normalized spacial score (nSPS) is 11.0. The molecular weight excluding hydrogens is 316 g/mol. The van der Waals surface area contributed by atoms with Crippen LogP contribution in [-0.4, -0.2) is 27.3 Å². The zero-order chi connectivity index (χ0) is 16.7. The highest BCUT2D eigenvalue weighted by Crippen LogP contribution is 2.40. The van der Waals surface area contributed by atoms with E-state index in [4.69, 9.17) is 19.9 Å². The standard InChI is InChI=1S/C16H16N2O4S/c1-18-7-9-13(17)15(16(19)22-4)23-14(9)8-5-11(20-2)12(21-3)6-10(8)18/h5-7H,1-4H3,(H-,17,19)/p+1. The van der Waals surface area contributed by atoms with Crippen molar-refractivity contribution in [1.82, 2.24) is 0 Å². The van der Waals surface area contributed by atoms with E-state index in [-0.39, 0.29) is 0 Å². The van der Waals surface area contributed by atoms with Crippen LogP contribution in [0.1, 0.15) is 9.67 Å². The van der Waals surface area contributed by atoms with E-state index in [0.717, 1.165) is 21.0 Å². The van der Waals surface area contributed by atoms with Gasteiger partial charge in [0.05, 0.1) is 48.6 Å². The molecule has 6 nitrogen and oxygen atoms in total. The van der Waals surface area contributed by atoms with Gasteiger partial charge in [-0.3, -0.25) is 0 Å². The van der Waals surface area contributed by atoms with Gasteiger partial charge in [-0.25, -0.2) is 9.36 Å². The van der Waals surface area contributed by atoms with Crippen LogP contribution >= 0.6 is 11.3 Å². The summed E-state index contributed by atoms with van der Waals surface area (Å²) in [5.41, 5.74) is 7.53. The van der Waals surface area contributed by atoms with E-state index in [1.807, 2.05) is 29.9 Å². The zero-order valence-electron chi connectivity index (χ0n) is 13.3. The van der Waals surface area contributed by atoms with Gasteiger partial charge in [0, 0.05) is 0 Å². The number of rotatable bonds is 3. The molecule has 0 amide bonds. The maximum Gasteiger partial charge on any atom is 0.350 e. The van der Waals surface area contributed by atoms with E-state index < -0.39 is 5.97 Å². The van der Waals surface area contributed by atoms with Gasteiger partial charge in [-0.05, 0) is 6.07 Å². The van der Waals surface area contributed by atoms with Gasteiger partial charge in [-0.1, -0.05) is 0 Å². The lowest BCUT2D eigenvalue weighted by atomic mass is 10.1. The maximum atomic E-state index is 11.9. The first-order valence-corrected chi connectivity index (χ1v) is 7.68. The average molecular weight is 333 g/mol. The molecule has 7 heteroatoms. The number of carbonyl (C=O) groups is 1. The topological polar surface area (TPSA) is 74.7 Å². The lowest BCUT2D eigenvalue weighted by molar-refractivity contribution is -0.643. The molecule has 2 N–H and O–H groups in total. The molecule has 0 unspecified atom stereocenters. The molecule has 120 valence electrons. The summed E-state index contributed by atoms with van der Waals surface area (Å²) < 4.78 is 18.4. The summed E-state index contributed by atoms with van der Waals surface area (Å²) in [6, 6.07) is 3.80. The number of fused-ring (bicyclic) bond motifs is 3. The highest BCUT2D eigenvalue weighted by atomic mass is 32.1. The van der Waals surface area contributed by atoms with Gasteiger partial charge in [-0.2, -0.15) is 0 Å². The van der Waals surface area contributed by atoms with Gasteiger partial charge in [-0.15, -0.1) is 11.3 Å². The molecule has 3 rings (SSSR count). The van der Waals surface area contributed by atoms with Crippen molar-refractivity contribution >= 4 is 44.0 Å². The first-order valence-electron chi connectivity index (χ1n) is 6.86. The van der Waals surface area contributed by atoms with Crippen molar-refractivity contribution in [2.24, 2.45) is 7.05 Å². The molecule has 0 saturated carbocycles. The van der Waals surface area contributed by atoms with Crippen LogP contribution in [0.2, 0.25) is 0 Å². The van der Waals surface area contributed by atoms with E-state index in [2.05, 4.69) is 0 Å². The lowest BCUT2D eigenvalue weighted by Gasteiger charge is -2.08. The number of aromatic nitrogens is 1. The highest BCUT2D eigenvalue weighted by Gasteiger charge is 2.23. The second-order valence-electron chi connectivity index (χ2n) is 5.04. The minimum absolute atomic E-state index is 0.407. The van der Waals surface area contributed by atoms with Crippen LogP contribution in [0, 0.1) is 0 Å². The zero-order valence-corrected chi connectivity index (χ0v) is 14.1. The quantitative estimate of drug-likeness (QED) is 0.588. The van der Waals surface area contributed by atoms with Crippen molar-refractivity contribution in [2.75, 3.05) is 27.1 Å². The summed E-state index contributed by atoms with van der Waals surface area (Å²) in [4.78, 5) is 12.3. The minimum Gasteiger partial charge on any atom is -0.493 e. The molecule has 0 aliphatic heterocycles. The van der Waals surface area contributed by atoms with Gasteiger partial charge in [0.1, 0.15) is 11.9 Å². The molecule has 1 aromatic carbocycles. The van der Waals surface area contributed by atoms with Gasteiger partial charge < -0.3 is 19.9 Å². The first-order chi connectivity index (χ1) is 11.0. The molecule has 0 bridgehead atoms. The predicted molar refractivity (Wildman–Crippen MR) is 89.4 cm³/mol. The number of carbonyl (C=O) groups excluding carboxylic acids is 1. The van der Waals surface area contributed by atoms with Gasteiger partial charge in [0.25, 0.3) is 0 Å². The lowest BCUT2D eigenvalue weighted by Crippen LogP contribution is -2.28. The number of pyridine rings is 1. The van der Waals surface area contributed by atoms with E-state index in [0.29, 0.717) is 22.1 Å². The Kier molecular flexibility index (Phi) is 3.73. The minimum atomic E-state index is -0.431. The Labute approximate surface area is 137 Å². The number of methoxy groups -OCH3 is 3. The molecular formula is C16H17N2O4S+. The number of hydrogen-bond acceptors (Lipinski definition) is 6. The first kappa shape index (κ1) is 15.4. The average Bonchev–Trinajstić information content (AvgIpc) is 2.90. The third kappa shape index (κ3) is 2.24. The Morgan fingerprint density at radius 3 is 2.39 bits per heavy atom. The fraction of sp³-hybridized carbons (Fsp3) is 0.250. The van der Waals surface area contributed by atoms with Crippen LogP contribution in [0.3, 0.4) is 0 Å². The molecule has 0 aliphatic carbocycles. The Bertz CT molecular complexity index is 933. The Hall–Kier alpha value is -2.54. The Morgan fingerprint density at radius 2 is 1.78 bits per heavy atom. The van der Waals surface area contributed by atoms with Crippen molar-refractivity contribution in [1.29, 1.82) is 0 Å². The number of thiophene rings is 1. The summed E-state index contributed by atoms with van der Waals surface area (Å²) in [7, 11) is 6.45. The Balaban J connectivity index is 2.44. The SMILES string of the molecule is COC(=O)c1sc2c(c[n+](C)c3cc(OC)c(OC)cc23)c1N. The third-order valence-electron chi connectivity index (χ3n) is 3.80. The number of hydrogen-bond donors (Lipinski definition) is 1. The van der Waals surface area contributed by atoms with Crippen molar-refractivity contribution in [3.63, 3.8) is 0 Å². The largest absolute Gasteiger partial charge is 0.493 e. The van der Waals surface area contributed by atoms with Crippen LogP contribution in [0.5, 0.6) is 11.5 Å². The third-order valence-corrected chi connectivity index (χ3v) is 5.04. The van der Waals surface area contributed by atoms with Crippen LogP contribution in [0.4, 0.5) is 5.69 Å². The molecule has 0 fully saturated rings. The van der Waals surface area contributed by atoms with E-state index in [9.17, 15) is 4.79 Å². The molecule has 0 radical (unpaired) electrons. The molecule has 2 aromatic heterocycles. The number of nitrogens with zero attached hydrogens (tertiary/aromatic N) is 1. The van der Waals surface area contributed by atoms with Gasteiger partial charge in [0.15, 0.2) is 17.7 Å². The molecule has 0 spiro atoms. The second-order valence-corrected chi connectivity index (χ2v) is 6.06. The van der Waals surface area contributed by atoms with E-state index in [1.54, 1.807) is 14.2 Å². The number of aryl methyl sites for hydroxylation is 1. The van der Waals surface area contributed by atoms with Gasteiger partial charge >= 0.3 is 5.97 Å². The van der Waals surface area contributed by atoms with Crippen LogP contribution in [0.15, 0.2) is 18.3 Å².